The van der Waals surface area contributed by atoms with E-state index in [9.17, 15) is 19.2 Å². The Morgan fingerprint density at radius 2 is 0.510 bits per heavy atom. The van der Waals surface area contributed by atoms with E-state index < -0.39 is 67.3 Å². The van der Waals surface area contributed by atoms with Crippen molar-refractivity contribution in [2.75, 3.05) is 98.1 Å². The molecule has 2 N–H and O–H groups in total. The third-order valence-electron chi connectivity index (χ3n) is 16.0. The first-order valence-electron chi connectivity index (χ1n) is 35.5. The van der Waals surface area contributed by atoms with Crippen LogP contribution in [-0.2, 0) is 129 Å². The maximum Gasteiger partial charge on any atom is 0.240 e. The average Bonchev–Trinajstić information content (AvgIpc) is 0.951. The second kappa shape index (κ2) is 50.2. The lowest BCUT2D eigenvalue weighted by Crippen LogP contribution is -2.52. The molecule has 8 rings (SSSR count). The van der Waals surface area contributed by atoms with Gasteiger partial charge in [0.25, 0.3) is 0 Å². The Kier molecular flexibility index (Phi) is 39.3. The van der Waals surface area contributed by atoms with Crippen LogP contribution in [0.5, 0.6) is 0 Å². The van der Waals surface area contributed by atoms with Crippen molar-refractivity contribution in [2.45, 2.75) is 109 Å². The first kappa shape index (κ1) is 81.4. The molecule has 0 aromatic heterocycles. The van der Waals surface area contributed by atoms with Crippen molar-refractivity contribution < 1.29 is 76.0 Å². The zero-order chi connectivity index (χ0) is 72.5. The Labute approximate surface area is 617 Å². The lowest BCUT2D eigenvalue weighted by molar-refractivity contribution is -0.141. The molecule has 0 spiro atoms. The summed E-state index contributed by atoms with van der Waals surface area (Å²) in [5, 5.41) is 6.10. The Morgan fingerprint density at radius 3 is 0.702 bits per heavy atom. The molecule has 0 atom stereocenters. The van der Waals surface area contributed by atoms with Gasteiger partial charge >= 0.3 is 0 Å². The van der Waals surface area contributed by atoms with Crippen molar-refractivity contribution in [3.63, 3.8) is 0 Å². The lowest BCUT2D eigenvalue weighted by atomic mass is 10.2. The highest BCUT2D eigenvalue weighted by atomic mass is 32.2. The number of carbonyl (C=O) groups is 4. The molecule has 0 fully saturated rings. The topological polar surface area (TPSA) is 206 Å². The molecule has 0 saturated carbocycles. The Bertz CT molecular complexity index is 2950. The predicted octanol–water partition coefficient (Wildman–Crippen LogP) is 12.1. The fraction of sp³-hybridized carbons (Fsp3) is 0.381. The molecular formula is C84H101N3O16S. The molecule has 0 aliphatic heterocycles. The van der Waals surface area contributed by atoms with Gasteiger partial charge < -0.3 is 72.4 Å². The molecule has 0 radical (unpaired) electrons. The van der Waals surface area contributed by atoms with Gasteiger partial charge in [-0.2, -0.15) is 0 Å². The minimum atomic E-state index is -0.835. The number of amides is 3. The Morgan fingerprint density at radius 1 is 0.308 bits per heavy atom. The minimum absolute atomic E-state index is 0.0608. The van der Waals surface area contributed by atoms with Gasteiger partial charge in [0.1, 0.15) is 37.5 Å². The van der Waals surface area contributed by atoms with Crippen LogP contribution in [0, 0.1) is 0 Å². The van der Waals surface area contributed by atoms with Crippen LogP contribution in [0.1, 0.15) is 64.3 Å². The molecule has 0 aliphatic rings. The second-order valence-corrected chi connectivity index (χ2v) is 26.3. The molecule has 0 unspecified atom stereocenters. The molecule has 8 aromatic rings. The van der Waals surface area contributed by atoms with Gasteiger partial charge in [0, 0.05) is 19.1 Å². The van der Waals surface area contributed by atoms with Crippen LogP contribution in [0.2, 0.25) is 0 Å². The van der Waals surface area contributed by atoms with Gasteiger partial charge in [-0.05, 0) is 50.9 Å². The average molecular weight is 1440 g/mol. The van der Waals surface area contributed by atoms with Gasteiger partial charge in [-0.3, -0.25) is 19.2 Å². The standard InChI is InChI=1S/C84H101N3O16S/c1-67(88)104-44-26-43-84(91)87(45-82(89)85-76(55-100-78(59-92-47-68-27-10-2-11-28-68)60-93-48-69-29-12-3-13-30-69)56-101-79(61-94-49-70-31-14-4-15-32-70)62-95-50-71-33-16-5-17-34-71)46-83(90)86-77(57-102-80(63-96-51-72-35-18-6-19-36-72)64-97-52-73-37-20-7-21-38-73)58-103-81(65-98-53-74-39-22-8-23-40-74)66-99-54-75-41-24-9-25-42-75/h2-25,27-42,76-81H,26,43-66H2,1H3,(H,85,89)(H,86,90). The van der Waals surface area contributed by atoms with Crippen LogP contribution in [0.3, 0.4) is 0 Å². The molecule has 8 aromatic carbocycles. The molecule has 104 heavy (non-hydrogen) atoms. The van der Waals surface area contributed by atoms with E-state index >= 15 is 0 Å². The normalized spacial score (nSPS) is 11.5. The number of carbonyl (C=O) groups excluding carboxylic acids is 4. The molecule has 0 bridgehead atoms. The zero-order valence-electron chi connectivity index (χ0n) is 59.6. The summed E-state index contributed by atoms with van der Waals surface area (Å²) in [6, 6.07) is 76.8. The van der Waals surface area contributed by atoms with E-state index in [0.29, 0.717) is 65.0 Å². The van der Waals surface area contributed by atoms with Gasteiger partial charge in [0.05, 0.1) is 144 Å². The first-order valence-corrected chi connectivity index (χ1v) is 36.5. The van der Waals surface area contributed by atoms with Crippen molar-refractivity contribution in [1.82, 2.24) is 15.5 Å². The van der Waals surface area contributed by atoms with E-state index in [1.807, 2.05) is 243 Å². The van der Waals surface area contributed by atoms with Crippen LogP contribution >= 0.6 is 11.8 Å². The summed E-state index contributed by atoms with van der Waals surface area (Å²) in [7, 11) is 0. The number of rotatable bonds is 54. The maximum atomic E-state index is 14.9. The zero-order valence-corrected chi connectivity index (χ0v) is 60.4. The summed E-state index contributed by atoms with van der Waals surface area (Å²) in [6.45, 7) is 3.91. The molecule has 19 nitrogen and oxygen atoms in total. The third-order valence-corrected chi connectivity index (χ3v) is 16.9. The van der Waals surface area contributed by atoms with E-state index in [-0.39, 0.29) is 90.8 Å². The van der Waals surface area contributed by atoms with Crippen LogP contribution in [-0.4, -0.2) is 162 Å². The van der Waals surface area contributed by atoms with Gasteiger partial charge in [-0.25, -0.2) is 0 Å². The van der Waals surface area contributed by atoms with Gasteiger partial charge in [-0.1, -0.05) is 254 Å². The van der Waals surface area contributed by atoms with Gasteiger partial charge in [0.15, 0.2) is 5.12 Å². The molecule has 3 amide bonds. The number of hydrogen-bond donors (Lipinski definition) is 2. The first-order chi connectivity index (χ1) is 51.1. The monoisotopic (exact) mass is 1440 g/mol. The van der Waals surface area contributed by atoms with E-state index in [1.54, 1.807) is 0 Å². The fourth-order valence-electron chi connectivity index (χ4n) is 10.6. The number of nitrogens with one attached hydrogen (secondary N) is 2. The van der Waals surface area contributed by atoms with Crippen molar-refractivity contribution >= 4 is 34.6 Å². The maximum absolute atomic E-state index is 14.9. The number of hydrogen-bond acceptors (Lipinski definition) is 17. The fourth-order valence-corrected chi connectivity index (χ4v) is 11.2. The summed E-state index contributed by atoms with van der Waals surface area (Å²) in [4.78, 5) is 57.6. The molecule has 554 valence electrons. The van der Waals surface area contributed by atoms with Crippen LogP contribution in [0.4, 0.5) is 0 Å². The highest BCUT2D eigenvalue weighted by Gasteiger charge is 2.27. The largest absolute Gasteiger partial charge is 0.374 e. The molecular weight excluding hydrogens is 1340 g/mol. The quantitative estimate of drug-likeness (QED) is 0.0340. The van der Waals surface area contributed by atoms with E-state index in [4.69, 9.17) is 56.8 Å². The van der Waals surface area contributed by atoms with Gasteiger partial charge in [-0.15, -0.1) is 0 Å². The summed E-state index contributed by atoms with van der Waals surface area (Å²) in [6.07, 6.45) is -2.17. The van der Waals surface area contributed by atoms with E-state index in [1.165, 1.54) is 11.8 Å². The molecule has 0 saturated heterocycles. The number of thioether (sulfide) groups is 1. The highest BCUT2D eigenvalue weighted by Crippen LogP contribution is 2.15. The Balaban J connectivity index is 1.02. The van der Waals surface area contributed by atoms with Gasteiger partial charge in [0.2, 0.25) is 17.7 Å². The SMILES string of the molecule is CC(=O)SCCCC(=O)N(CC(=O)NC(COC(COCc1ccccc1)COCc1ccccc1)COC(COCc1ccccc1)COCc1ccccc1)CC(=O)NC(COC(COCc1ccccc1)COCc1ccccc1)COC(COCc1ccccc1)COCc1ccccc1. The summed E-state index contributed by atoms with van der Waals surface area (Å²) in [5.74, 6) is -1.32. The number of ether oxygens (including phenoxy) is 12. The van der Waals surface area contributed by atoms with Crippen LogP contribution in [0.25, 0.3) is 0 Å². The second-order valence-electron chi connectivity index (χ2n) is 25.0. The third kappa shape index (κ3) is 35.5. The number of nitrogens with zero attached hydrogens (tertiary/aromatic N) is 1. The van der Waals surface area contributed by atoms with Crippen molar-refractivity contribution in [3.8, 4) is 0 Å². The predicted molar refractivity (Wildman–Crippen MR) is 401 cm³/mol. The van der Waals surface area contributed by atoms with Crippen LogP contribution in [0.15, 0.2) is 243 Å². The molecule has 0 aliphatic carbocycles. The highest BCUT2D eigenvalue weighted by molar-refractivity contribution is 8.13. The van der Waals surface area contributed by atoms with Crippen molar-refractivity contribution in [1.29, 1.82) is 0 Å². The van der Waals surface area contributed by atoms with E-state index in [0.717, 1.165) is 56.3 Å². The minimum Gasteiger partial charge on any atom is -0.374 e. The molecule has 0 heterocycles. The van der Waals surface area contributed by atoms with E-state index in [2.05, 4.69) is 10.6 Å². The van der Waals surface area contributed by atoms with Crippen LogP contribution < -0.4 is 10.6 Å². The molecule has 20 heteroatoms. The lowest BCUT2D eigenvalue weighted by Gasteiger charge is -2.28. The smallest absolute Gasteiger partial charge is 0.240 e. The number of benzene rings is 8. The van der Waals surface area contributed by atoms with Crippen molar-refractivity contribution in [3.05, 3.63) is 287 Å². The summed E-state index contributed by atoms with van der Waals surface area (Å²) in [5.41, 5.74) is 7.86. The summed E-state index contributed by atoms with van der Waals surface area (Å²) >= 11 is 1.09. The van der Waals surface area contributed by atoms with Crippen molar-refractivity contribution in [2.24, 2.45) is 0 Å². The Hall–Kier alpha value is -8.29. The summed E-state index contributed by atoms with van der Waals surface area (Å²) < 4.78 is 76.5.